The lowest BCUT2D eigenvalue weighted by atomic mass is 9.44. The van der Waals surface area contributed by atoms with Crippen LogP contribution in [0.5, 0.6) is 0 Å². The zero-order valence-corrected chi connectivity index (χ0v) is 21.0. The molecule has 2 unspecified atom stereocenters. The number of nitrogens with zero attached hydrogens (tertiary/aromatic N) is 2. The predicted octanol–water partition coefficient (Wildman–Crippen LogP) is 8.05. The van der Waals surface area contributed by atoms with Gasteiger partial charge in [-0.2, -0.15) is 10.5 Å². The standard InChI is InChI=1S/C30H36N2/c1-27(2,3)21-13-19-11-9-10-12-20-14-22(28(4,5)6)16-26-24(18-32)23(17-31)25(15-21)29(19,7)30(20,26)8/h13-16H,9-12H2,1-8H3. The molecule has 0 amide bonds. The van der Waals surface area contributed by atoms with E-state index in [1.54, 1.807) is 0 Å². The summed E-state index contributed by atoms with van der Waals surface area (Å²) in [7, 11) is 0. The first-order valence-corrected chi connectivity index (χ1v) is 12.0. The highest BCUT2D eigenvalue weighted by molar-refractivity contribution is 5.73. The number of hydrogen-bond acceptors (Lipinski definition) is 2. The molecule has 0 N–H and O–H groups in total. The highest BCUT2D eigenvalue weighted by atomic mass is 14.6. The molecule has 2 nitrogen and oxygen atoms in total. The molecule has 0 aromatic heterocycles. The molecule has 0 radical (unpaired) electrons. The topological polar surface area (TPSA) is 47.6 Å². The minimum Gasteiger partial charge on any atom is -0.192 e. The molecule has 2 heteroatoms. The maximum absolute atomic E-state index is 10.4. The molecule has 2 atom stereocenters. The molecule has 0 bridgehead atoms. The minimum absolute atomic E-state index is 0.0213. The molecule has 0 aromatic rings. The molecule has 0 spiro atoms. The van der Waals surface area contributed by atoms with Crippen LogP contribution in [0.2, 0.25) is 0 Å². The van der Waals surface area contributed by atoms with Crippen molar-refractivity contribution in [3.8, 4) is 12.1 Å². The van der Waals surface area contributed by atoms with Gasteiger partial charge in [-0.25, -0.2) is 0 Å². The van der Waals surface area contributed by atoms with Crippen molar-refractivity contribution in [3.05, 3.63) is 68.9 Å². The first-order chi connectivity index (χ1) is 14.8. The summed E-state index contributed by atoms with van der Waals surface area (Å²) < 4.78 is 0. The zero-order valence-electron chi connectivity index (χ0n) is 21.0. The van der Waals surface area contributed by atoms with Gasteiger partial charge in [-0.1, -0.05) is 90.8 Å². The summed E-state index contributed by atoms with van der Waals surface area (Å²) in [6, 6.07) is 4.96. The third-order valence-corrected chi connectivity index (χ3v) is 8.51. The average molecular weight is 425 g/mol. The summed E-state index contributed by atoms with van der Waals surface area (Å²) in [6.45, 7) is 18.1. The van der Waals surface area contributed by atoms with Crippen LogP contribution in [0.15, 0.2) is 68.9 Å². The molecule has 4 aliphatic rings. The smallest absolute Gasteiger partial charge is 0.101 e. The predicted molar refractivity (Wildman–Crippen MR) is 131 cm³/mol. The molecule has 166 valence electrons. The fourth-order valence-corrected chi connectivity index (χ4v) is 6.16. The molecular weight excluding hydrogens is 388 g/mol. The third kappa shape index (κ3) is 2.89. The Morgan fingerprint density at radius 1 is 0.656 bits per heavy atom. The van der Waals surface area contributed by atoms with E-state index < -0.39 is 0 Å². The molecular formula is C30H36N2. The van der Waals surface area contributed by atoms with Crippen molar-refractivity contribution in [1.29, 1.82) is 10.5 Å². The first-order valence-electron chi connectivity index (χ1n) is 12.0. The first kappa shape index (κ1) is 22.6. The van der Waals surface area contributed by atoms with Crippen LogP contribution in [0.3, 0.4) is 0 Å². The quantitative estimate of drug-likeness (QED) is 0.395. The van der Waals surface area contributed by atoms with Crippen molar-refractivity contribution < 1.29 is 0 Å². The molecule has 1 saturated carbocycles. The fourth-order valence-electron chi connectivity index (χ4n) is 6.16. The van der Waals surface area contributed by atoms with Gasteiger partial charge in [0.1, 0.15) is 12.1 Å². The molecule has 32 heavy (non-hydrogen) atoms. The van der Waals surface area contributed by atoms with Gasteiger partial charge in [0.2, 0.25) is 0 Å². The Bertz CT molecular complexity index is 1070. The molecule has 1 fully saturated rings. The summed E-state index contributed by atoms with van der Waals surface area (Å²) >= 11 is 0. The Morgan fingerprint density at radius 3 is 1.28 bits per heavy atom. The molecule has 4 aliphatic carbocycles. The van der Waals surface area contributed by atoms with E-state index in [4.69, 9.17) is 0 Å². The minimum atomic E-state index is -0.325. The third-order valence-electron chi connectivity index (χ3n) is 8.51. The summed E-state index contributed by atoms with van der Waals surface area (Å²) in [4.78, 5) is 0. The van der Waals surface area contributed by atoms with Crippen LogP contribution < -0.4 is 0 Å². The summed E-state index contributed by atoms with van der Waals surface area (Å²) in [6.07, 6.45) is 13.7. The highest BCUT2D eigenvalue weighted by Crippen LogP contribution is 2.68. The SMILES string of the molecule is CC(C)(C)C1=CC2=C(C#N)C(C#N)=C3C=C(C(C)(C)C)C=C4CCCCC(=C1)C2(C)C43C. The number of rotatable bonds is 0. The van der Waals surface area contributed by atoms with Gasteiger partial charge in [-0.15, -0.1) is 0 Å². The maximum atomic E-state index is 10.4. The van der Waals surface area contributed by atoms with Crippen LogP contribution in [0.1, 0.15) is 81.1 Å². The second-order valence-corrected chi connectivity index (χ2v) is 12.3. The number of nitriles is 2. The van der Waals surface area contributed by atoms with Crippen molar-refractivity contribution in [2.75, 3.05) is 0 Å². The second kappa shape index (κ2) is 6.96. The van der Waals surface area contributed by atoms with E-state index >= 15 is 0 Å². The average Bonchev–Trinajstić information content (AvgIpc) is 2.68. The van der Waals surface area contributed by atoms with Crippen molar-refractivity contribution in [2.24, 2.45) is 21.7 Å². The normalized spacial score (nSPS) is 30.1. The van der Waals surface area contributed by atoms with Crippen LogP contribution in [-0.2, 0) is 0 Å². The lowest BCUT2D eigenvalue weighted by Gasteiger charge is -2.58. The van der Waals surface area contributed by atoms with E-state index in [2.05, 4.69) is 91.8 Å². The Balaban J connectivity index is 2.18. The van der Waals surface area contributed by atoms with Crippen molar-refractivity contribution in [3.63, 3.8) is 0 Å². The van der Waals surface area contributed by atoms with E-state index in [0.717, 1.165) is 36.8 Å². The zero-order chi connectivity index (χ0) is 23.7. The molecule has 0 aromatic carbocycles. The summed E-state index contributed by atoms with van der Waals surface area (Å²) in [5, 5.41) is 20.7. The van der Waals surface area contributed by atoms with Crippen LogP contribution in [-0.4, -0.2) is 0 Å². The van der Waals surface area contributed by atoms with E-state index in [1.807, 2.05) is 0 Å². The van der Waals surface area contributed by atoms with Crippen molar-refractivity contribution in [1.82, 2.24) is 0 Å². The lowest BCUT2D eigenvalue weighted by Crippen LogP contribution is -2.49. The summed E-state index contributed by atoms with van der Waals surface area (Å²) in [5.41, 5.74) is 7.89. The van der Waals surface area contributed by atoms with Crippen LogP contribution in [0, 0.1) is 44.3 Å². The van der Waals surface area contributed by atoms with Crippen molar-refractivity contribution in [2.45, 2.75) is 81.1 Å². The monoisotopic (exact) mass is 424 g/mol. The molecule has 0 aliphatic heterocycles. The summed E-state index contributed by atoms with van der Waals surface area (Å²) in [5.74, 6) is 0. The molecule has 0 saturated heterocycles. The second-order valence-electron chi connectivity index (χ2n) is 12.3. The maximum Gasteiger partial charge on any atom is 0.101 e. The lowest BCUT2D eigenvalue weighted by molar-refractivity contribution is 0.216. The number of allylic oxidation sites excluding steroid dienone is 12. The van der Waals surface area contributed by atoms with E-state index in [0.29, 0.717) is 11.1 Å². The Hall–Kier alpha value is -2.58. The van der Waals surface area contributed by atoms with Gasteiger partial charge in [-0.05, 0) is 58.8 Å². The van der Waals surface area contributed by atoms with Gasteiger partial charge in [-0.3, -0.25) is 0 Å². The van der Waals surface area contributed by atoms with Gasteiger partial charge in [0.25, 0.3) is 0 Å². The van der Waals surface area contributed by atoms with E-state index in [9.17, 15) is 10.5 Å². The van der Waals surface area contributed by atoms with Crippen LogP contribution >= 0.6 is 0 Å². The largest absolute Gasteiger partial charge is 0.192 e. The molecule has 0 heterocycles. The van der Waals surface area contributed by atoms with Gasteiger partial charge >= 0.3 is 0 Å². The Morgan fingerprint density at radius 2 is 1.00 bits per heavy atom. The van der Waals surface area contributed by atoms with E-state index in [-0.39, 0.29) is 21.7 Å². The number of hydrogen-bond donors (Lipinski definition) is 0. The van der Waals surface area contributed by atoms with Crippen LogP contribution in [0.25, 0.3) is 0 Å². The fraction of sp³-hybridized carbons (Fsp3) is 0.533. The van der Waals surface area contributed by atoms with Gasteiger partial charge in [0, 0.05) is 10.8 Å². The van der Waals surface area contributed by atoms with Crippen molar-refractivity contribution >= 4 is 0 Å². The molecule has 4 rings (SSSR count). The van der Waals surface area contributed by atoms with Crippen LogP contribution in [0.4, 0.5) is 0 Å². The van der Waals surface area contributed by atoms with E-state index in [1.165, 1.54) is 22.3 Å². The van der Waals surface area contributed by atoms with Gasteiger partial charge in [0.05, 0.1) is 11.1 Å². The Labute approximate surface area is 194 Å². The van der Waals surface area contributed by atoms with Gasteiger partial charge < -0.3 is 0 Å². The highest BCUT2D eigenvalue weighted by Gasteiger charge is 2.59. The van der Waals surface area contributed by atoms with Gasteiger partial charge in [0.15, 0.2) is 0 Å². The Kier molecular flexibility index (Phi) is 4.92.